The standard InChI is InChI=1S/C15H11FN2O4/c16-10-4-1-2-5-11(10)21-14(19)8-7-13-17-15(18-22-13)12-6-3-9-20-12/h1-6,9H,7-8H2. The number of hydrogen-bond acceptors (Lipinski definition) is 6. The molecule has 0 spiro atoms. The molecule has 0 bridgehead atoms. The molecule has 0 saturated heterocycles. The average molecular weight is 302 g/mol. The molecule has 2 aromatic heterocycles. The van der Waals surface area contributed by atoms with E-state index in [0.29, 0.717) is 11.6 Å². The van der Waals surface area contributed by atoms with Gasteiger partial charge in [-0.25, -0.2) is 4.39 Å². The third-order valence-electron chi connectivity index (χ3n) is 2.81. The zero-order chi connectivity index (χ0) is 15.4. The summed E-state index contributed by atoms with van der Waals surface area (Å²) in [5.74, 6) is -0.214. The number of para-hydroxylation sites is 1. The number of benzene rings is 1. The van der Waals surface area contributed by atoms with E-state index < -0.39 is 11.8 Å². The van der Waals surface area contributed by atoms with Crippen LogP contribution >= 0.6 is 0 Å². The van der Waals surface area contributed by atoms with Crippen molar-refractivity contribution in [2.45, 2.75) is 12.8 Å². The van der Waals surface area contributed by atoms with E-state index in [1.165, 1.54) is 24.5 Å². The van der Waals surface area contributed by atoms with Gasteiger partial charge in [0.1, 0.15) is 0 Å². The van der Waals surface area contributed by atoms with Crippen molar-refractivity contribution in [3.8, 4) is 17.3 Å². The fourth-order valence-electron chi connectivity index (χ4n) is 1.77. The summed E-state index contributed by atoms with van der Waals surface area (Å²) in [5, 5.41) is 3.74. The van der Waals surface area contributed by atoms with Crippen molar-refractivity contribution in [1.29, 1.82) is 0 Å². The molecule has 0 atom stereocenters. The largest absolute Gasteiger partial charge is 0.461 e. The van der Waals surface area contributed by atoms with Crippen molar-refractivity contribution in [1.82, 2.24) is 10.1 Å². The summed E-state index contributed by atoms with van der Waals surface area (Å²) in [7, 11) is 0. The molecule has 6 nitrogen and oxygen atoms in total. The number of esters is 1. The molecule has 3 rings (SSSR count). The molecule has 0 amide bonds. The van der Waals surface area contributed by atoms with Gasteiger partial charge >= 0.3 is 5.97 Å². The van der Waals surface area contributed by atoms with Gasteiger partial charge in [0.15, 0.2) is 17.3 Å². The smallest absolute Gasteiger partial charge is 0.311 e. The van der Waals surface area contributed by atoms with E-state index in [1.54, 1.807) is 18.2 Å². The quantitative estimate of drug-likeness (QED) is 0.532. The summed E-state index contributed by atoms with van der Waals surface area (Å²) in [6.45, 7) is 0. The first-order chi connectivity index (χ1) is 10.7. The molecule has 1 aromatic carbocycles. The van der Waals surface area contributed by atoms with Crippen molar-refractivity contribution in [2.24, 2.45) is 0 Å². The Labute approximate surface area is 124 Å². The highest BCUT2D eigenvalue weighted by Crippen LogP contribution is 2.18. The fraction of sp³-hybridized carbons (Fsp3) is 0.133. The Morgan fingerprint density at radius 2 is 2.09 bits per heavy atom. The minimum atomic E-state index is -0.589. The second-order valence-electron chi connectivity index (χ2n) is 4.39. The molecule has 0 aliphatic heterocycles. The van der Waals surface area contributed by atoms with Gasteiger partial charge in [-0.3, -0.25) is 4.79 Å². The van der Waals surface area contributed by atoms with Crippen LogP contribution in [0.4, 0.5) is 4.39 Å². The molecular formula is C15H11FN2O4. The van der Waals surface area contributed by atoms with E-state index >= 15 is 0 Å². The van der Waals surface area contributed by atoms with E-state index in [4.69, 9.17) is 13.7 Å². The predicted molar refractivity (Wildman–Crippen MR) is 72.4 cm³/mol. The van der Waals surface area contributed by atoms with Gasteiger partial charge in [-0.1, -0.05) is 17.3 Å². The maximum absolute atomic E-state index is 13.3. The van der Waals surface area contributed by atoms with Gasteiger partial charge < -0.3 is 13.7 Å². The second kappa shape index (κ2) is 6.21. The first-order valence-corrected chi connectivity index (χ1v) is 6.54. The third kappa shape index (κ3) is 3.20. The number of hydrogen-bond donors (Lipinski definition) is 0. The lowest BCUT2D eigenvalue weighted by Crippen LogP contribution is -2.10. The second-order valence-corrected chi connectivity index (χ2v) is 4.39. The Morgan fingerprint density at radius 1 is 1.23 bits per heavy atom. The third-order valence-corrected chi connectivity index (χ3v) is 2.81. The van der Waals surface area contributed by atoms with Crippen molar-refractivity contribution >= 4 is 5.97 Å². The minimum absolute atomic E-state index is 0.00583. The molecule has 0 aliphatic carbocycles. The number of furan rings is 1. The van der Waals surface area contributed by atoms with E-state index in [0.717, 1.165) is 0 Å². The molecule has 0 saturated carbocycles. The lowest BCUT2D eigenvalue weighted by molar-refractivity contribution is -0.134. The number of nitrogens with zero attached hydrogens (tertiary/aromatic N) is 2. The number of carbonyl (C=O) groups excluding carboxylic acids is 1. The number of aromatic nitrogens is 2. The Balaban J connectivity index is 1.56. The van der Waals surface area contributed by atoms with E-state index in [-0.39, 0.29) is 24.5 Å². The van der Waals surface area contributed by atoms with Gasteiger partial charge in [-0.2, -0.15) is 4.98 Å². The maximum Gasteiger partial charge on any atom is 0.311 e. The van der Waals surface area contributed by atoms with Crippen molar-refractivity contribution < 1.29 is 22.9 Å². The van der Waals surface area contributed by atoms with E-state index in [2.05, 4.69) is 10.1 Å². The lowest BCUT2D eigenvalue weighted by Gasteiger charge is -2.03. The van der Waals surface area contributed by atoms with Crippen LogP contribution in [-0.4, -0.2) is 16.1 Å². The van der Waals surface area contributed by atoms with Crippen LogP contribution in [0.5, 0.6) is 5.75 Å². The Bertz CT molecular complexity index is 767. The number of aryl methyl sites for hydroxylation is 1. The van der Waals surface area contributed by atoms with E-state index in [9.17, 15) is 9.18 Å². The van der Waals surface area contributed by atoms with Crippen LogP contribution < -0.4 is 4.74 Å². The van der Waals surface area contributed by atoms with Crippen LogP contribution in [0.3, 0.4) is 0 Å². The normalized spacial score (nSPS) is 10.6. The molecule has 0 aliphatic rings. The zero-order valence-electron chi connectivity index (χ0n) is 11.4. The highest BCUT2D eigenvalue weighted by Gasteiger charge is 2.14. The summed E-state index contributed by atoms with van der Waals surface area (Å²) in [6, 6.07) is 9.10. The molecule has 3 aromatic rings. The minimum Gasteiger partial charge on any atom is -0.461 e. The molecule has 0 unspecified atom stereocenters. The maximum atomic E-state index is 13.3. The molecular weight excluding hydrogens is 291 g/mol. The highest BCUT2D eigenvalue weighted by molar-refractivity contribution is 5.72. The predicted octanol–water partition coefficient (Wildman–Crippen LogP) is 3.01. The van der Waals surface area contributed by atoms with Crippen LogP contribution in [-0.2, 0) is 11.2 Å². The van der Waals surface area contributed by atoms with Gasteiger partial charge in [0, 0.05) is 6.42 Å². The topological polar surface area (TPSA) is 78.4 Å². The first kappa shape index (κ1) is 14.0. The van der Waals surface area contributed by atoms with Crippen LogP contribution in [0.1, 0.15) is 12.3 Å². The summed E-state index contributed by atoms with van der Waals surface area (Å²) in [6.07, 6.45) is 1.69. The summed E-state index contributed by atoms with van der Waals surface area (Å²) in [4.78, 5) is 15.8. The molecule has 7 heteroatoms. The number of halogens is 1. The lowest BCUT2D eigenvalue weighted by atomic mass is 10.3. The van der Waals surface area contributed by atoms with Crippen molar-refractivity contribution in [3.05, 3.63) is 54.4 Å². The first-order valence-electron chi connectivity index (χ1n) is 6.54. The van der Waals surface area contributed by atoms with Gasteiger partial charge in [0.2, 0.25) is 11.7 Å². The molecule has 2 heterocycles. The number of rotatable bonds is 5. The van der Waals surface area contributed by atoms with Crippen LogP contribution in [0.25, 0.3) is 11.6 Å². The fourth-order valence-corrected chi connectivity index (χ4v) is 1.77. The Morgan fingerprint density at radius 3 is 2.86 bits per heavy atom. The van der Waals surface area contributed by atoms with E-state index in [1.807, 2.05) is 0 Å². The molecule has 0 N–H and O–H groups in total. The summed E-state index contributed by atoms with van der Waals surface area (Å²) < 4.78 is 28.4. The monoisotopic (exact) mass is 302 g/mol. The summed E-state index contributed by atoms with van der Waals surface area (Å²) >= 11 is 0. The van der Waals surface area contributed by atoms with Crippen LogP contribution in [0, 0.1) is 5.82 Å². The van der Waals surface area contributed by atoms with Gasteiger partial charge in [-0.05, 0) is 24.3 Å². The van der Waals surface area contributed by atoms with Gasteiger partial charge in [0.25, 0.3) is 0 Å². The Hall–Kier alpha value is -2.96. The molecule has 0 radical (unpaired) electrons. The SMILES string of the molecule is O=C(CCc1nc(-c2ccco2)no1)Oc1ccccc1F. The molecule has 22 heavy (non-hydrogen) atoms. The van der Waals surface area contributed by atoms with Crippen molar-refractivity contribution in [3.63, 3.8) is 0 Å². The highest BCUT2D eigenvalue weighted by atomic mass is 19.1. The molecule has 0 fully saturated rings. The van der Waals surface area contributed by atoms with Crippen LogP contribution in [0.2, 0.25) is 0 Å². The van der Waals surface area contributed by atoms with Gasteiger partial charge in [0.05, 0.1) is 12.7 Å². The average Bonchev–Trinajstić information content (AvgIpc) is 3.18. The summed E-state index contributed by atoms with van der Waals surface area (Å²) in [5.41, 5.74) is 0. The Kier molecular flexibility index (Phi) is 3.95. The van der Waals surface area contributed by atoms with Gasteiger partial charge in [-0.15, -0.1) is 0 Å². The number of carbonyl (C=O) groups is 1. The van der Waals surface area contributed by atoms with Crippen LogP contribution in [0.15, 0.2) is 51.6 Å². The van der Waals surface area contributed by atoms with Crippen molar-refractivity contribution in [2.75, 3.05) is 0 Å². The molecule has 112 valence electrons. The number of ether oxygens (including phenoxy) is 1. The zero-order valence-corrected chi connectivity index (χ0v) is 11.4.